The van der Waals surface area contributed by atoms with Crippen molar-refractivity contribution in [3.05, 3.63) is 47.9 Å². The molecule has 2 aromatic rings. The van der Waals surface area contributed by atoms with Gasteiger partial charge in [0.1, 0.15) is 5.76 Å². The molecule has 0 amide bonds. The van der Waals surface area contributed by atoms with Gasteiger partial charge in [0.25, 0.3) is 0 Å². The average Bonchev–Trinajstić information content (AvgIpc) is 2.91. The first-order valence-electron chi connectivity index (χ1n) is 6.43. The van der Waals surface area contributed by atoms with Crippen molar-refractivity contribution in [1.82, 2.24) is 4.72 Å². The third kappa shape index (κ3) is 3.40. The maximum atomic E-state index is 12.1. The van der Waals surface area contributed by atoms with Gasteiger partial charge in [-0.3, -0.25) is 0 Å². The Labute approximate surface area is 118 Å². The zero-order valence-corrected chi connectivity index (χ0v) is 12.1. The first-order chi connectivity index (χ1) is 9.53. The van der Waals surface area contributed by atoms with Crippen LogP contribution < -0.4 is 10.5 Å². The lowest BCUT2D eigenvalue weighted by Crippen LogP contribution is -2.26. The fourth-order valence-electron chi connectivity index (χ4n) is 1.91. The lowest BCUT2D eigenvalue weighted by molar-refractivity contribution is 0.506. The molecule has 1 aromatic heterocycles. The van der Waals surface area contributed by atoms with Crippen LogP contribution in [-0.2, 0) is 22.9 Å². The Morgan fingerprint density at radius 2 is 2.10 bits per heavy atom. The van der Waals surface area contributed by atoms with Crippen LogP contribution in [0.4, 0.5) is 5.69 Å². The molecule has 0 aliphatic rings. The fraction of sp³-hybridized carbons (Fsp3) is 0.286. The van der Waals surface area contributed by atoms with E-state index in [0.717, 1.165) is 17.7 Å². The monoisotopic (exact) mass is 294 g/mol. The van der Waals surface area contributed by atoms with E-state index in [2.05, 4.69) is 4.72 Å². The van der Waals surface area contributed by atoms with Crippen molar-refractivity contribution in [2.45, 2.75) is 24.7 Å². The number of sulfonamides is 1. The molecular weight excluding hydrogens is 276 g/mol. The van der Waals surface area contributed by atoms with Gasteiger partial charge in [0.05, 0.1) is 11.2 Å². The highest BCUT2D eigenvalue weighted by atomic mass is 32.2. The SMILES string of the molecule is CCc1ccc(S(=O)(=O)NCCc2ccco2)cc1N. The molecule has 0 atom stereocenters. The lowest BCUT2D eigenvalue weighted by atomic mass is 10.1. The molecule has 0 saturated carbocycles. The summed E-state index contributed by atoms with van der Waals surface area (Å²) in [7, 11) is -3.53. The Bertz CT molecular complexity index is 664. The minimum Gasteiger partial charge on any atom is -0.469 e. The highest BCUT2D eigenvalue weighted by Crippen LogP contribution is 2.18. The van der Waals surface area contributed by atoms with E-state index in [1.54, 1.807) is 24.5 Å². The lowest BCUT2D eigenvalue weighted by Gasteiger charge is -2.09. The number of anilines is 1. The molecule has 20 heavy (non-hydrogen) atoms. The molecule has 0 bridgehead atoms. The smallest absolute Gasteiger partial charge is 0.240 e. The average molecular weight is 294 g/mol. The molecule has 6 heteroatoms. The standard InChI is InChI=1S/C14H18N2O3S/c1-2-11-5-6-13(10-14(11)15)20(17,18)16-8-7-12-4-3-9-19-12/h3-6,9-10,16H,2,7-8,15H2,1H3. The molecular formula is C14H18N2O3S. The van der Waals surface area contributed by atoms with E-state index in [-0.39, 0.29) is 11.4 Å². The van der Waals surface area contributed by atoms with E-state index in [9.17, 15) is 8.42 Å². The van der Waals surface area contributed by atoms with Crippen molar-refractivity contribution in [3.63, 3.8) is 0 Å². The molecule has 5 nitrogen and oxygen atoms in total. The first kappa shape index (κ1) is 14.6. The van der Waals surface area contributed by atoms with Crippen LogP contribution in [0, 0.1) is 0 Å². The number of furan rings is 1. The molecule has 0 saturated heterocycles. The Balaban J connectivity index is 2.04. The van der Waals surface area contributed by atoms with Crippen molar-refractivity contribution < 1.29 is 12.8 Å². The topological polar surface area (TPSA) is 85.3 Å². The summed E-state index contributed by atoms with van der Waals surface area (Å²) in [4.78, 5) is 0.187. The van der Waals surface area contributed by atoms with E-state index >= 15 is 0 Å². The van der Waals surface area contributed by atoms with Gasteiger partial charge < -0.3 is 10.2 Å². The molecule has 1 aromatic carbocycles. The van der Waals surface area contributed by atoms with Crippen LogP contribution in [0.25, 0.3) is 0 Å². The molecule has 0 fully saturated rings. The molecule has 108 valence electrons. The summed E-state index contributed by atoms with van der Waals surface area (Å²) < 4.78 is 31.9. The highest BCUT2D eigenvalue weighted by Gasteiger charge is 2.14. The third-order valence-electron chi connectivity index (χ3n) is 3.05. The van der Waals surface area contributed by atoms with Crippen LogP contribution in [-0.4, -0.2) is 15.0 Å². The van der Waals surface area contributed by atoms with Gasteiger partial charge in [0, 0.05) is 18.7 Å². The van der Waals surface area contributed by atoms with E-state index in [0.29, 0.717) is 12.1 Å². The number of hydrogen-bond acceptors (Lipinski definition) is 4. The van der Waals surface area contributed by atoms with Gasteiger partial charge in [0.2, 0.25) is 10.0 Å². The molecule has 0 spiro atoms. The van der Waals surface area contributed by atoms with E-state index in [1.807, 2.05) is 13.0 Å². The van der Waals surface area contributed by atoms with Crippen molar-refractivity contribution in [2.75, 3.05) is 12.3 Å². The number of nitrogen functional groups attached to an aromatic ring is 1. The summed E-state index contributed by atoms with van der Waals surface area (Å²) in [6.07, 6.45) is 2.85. The molecule has 1 heterocycles. The van der Waals surface area contributed by atoms with Crippen molar-refractivity contribution >= 4 is 15.7 Å². The highest BCUT2D eigenvalue weighted by molar-refractivity contribution is 7.89. The van der Waals surface area contributed by atoms with Crippen LogP contribution in [0.15, 0.2) is 45.9 Å². The van der Waals surface area contributed by atoms with Crippen LogP contribution in [0.3, 0.4) is 0 Å². The van der Waals surface area contributed by atoms with E-state index in [4.69, 9.17) is 10.2 Å². The van der Waals surface area contributed by atoms with Crippen LogP contribution in [0.1, 0.15) is 18.2 Å². The first-order valence-corrected chi connectivity index (χ1v) is 7.91. The summed E-state index contributed by atoms with van der Waals surface area (Å²) in [5.41, 5.74) is 7.27. The van der Waals surface area contributed by atoms with Gasteiger partial charge >= 0.3 is 0 Å². The van der Waals surface area contributed by atoms with Gasteiger partial charge in [-0.2, -0.15) is 0 Å². The van der Waals surface area contributed by atoms with Crippen molar-refractivity contribution in [2.24, 2.45) is 0 Å². The summed E-state index contributed by atoms with van der Waals surface area (Å²) in [6.45, 7) is 2.26. The Morgan fingerprint density at radius 1 is 1.30 bits per heavy atom. The fourth-order valence-corrected chi connectivity index (χ4v) is 2.98. The van der Waals surface area contributed by atoms with Crippen LogP contribution >= 0.6 is 0 Å². The van der Waals surface area contributed by atoms with Crippen LogP contribution in [0.5, 0.6) is 0 Å². The normalized spacial score (nSPS) is 11.7. The number of hydrogen-bond donors (Lipinski definition) is 2. The molecule has 2 rings (SSSR count). The summed E-state index contributed by atoms with van der Waals surface area (Å²) in [5, 5.41) is 0. The number of benzene rings is 1. The zero-order valence-electron chi connectivity index (χ0n) is 11.3. The maximum absolute atomic E-state index is 12.1. The maximum Gasteiger partial charge on any atom is 0.240 e. The number of rotatable bonds is 6. The second-order valence-electron chi connectivity index (χ2n) is 4.44. The van der Waals surface area contributed by atoms with Gasteiger partial charge in [-0.25, -0.2) is 13.1 Å². The second-order valence-corrected chi connectivity index (χ2v) is 6.21. The Morgan fingerprint density at radius 3 is 2.70 bits per heavy atom. The number of nitrogens with one attached hydrogen (secondary N) is 1. The molecule has 0 radical (unpaired) electrons. The third-order valence-corrected chi connectivity index (χ3v) is 4.51. The molecule has 3 N–H and O–H groups in total. The van der Waals surface area contributed by atoms with E-state index < -0.39 is 10.0 Å². The van der Waals surface area contributed by atoms with Crippen molar-refractivity contribution in [1.29, 1.82) is 0 Å². The molecule has 0 aliphatic carbocycles. The minimum atomic E-state index is -3.53. The number of aryl methyl sites for hydroxylation is 1. The van der Waals surface area contributed by atoms with Crippen LogP contribution in [0.2, 0.25) is 0 Å². The largest absolute Gasteiger partial charge is 0.469 e. The van der Waals surface area contributed by atoms with E-state index in [1.165, 1.54) is 6.07 Å². The van der Waals surface area contributed by atoms with Gasteiger partial charge in [-0.15, -0.1) is 0 Å². The minimum absolute atomic E-state index is 0.187. The Hall–Kier alpha value is -1.79. The summed E-state index contributed by atoms with van der Waals surface area (Å²) >= 11 is 0. The summed E-state index contributed by atoms with van der Waals surface area (Å²) in [5.74, 6) is 0.744. The predicted molar refractivity (Wildman–Crippen MR) is 77.8 cm³/mol. The quantitative estimate of drug-likeness (QED) is 0.797. The zero-order chi connectivity index (χ0) is 14.6. The summed E-state index contributed by atoms with van der Waals surface area (Å²) in [6, 6.07) is 8.39. The van der Waals surface area contributed by atoms with Gasteiger partial charge in [-0.05, 0) is 36.2 Å². The molecule has 0 unspecified atom stereocenters. The molecule has 0 aliphatic heterocycles. The predicted octanol–water partition coefficient (Wildman–Crippen LogP) is 1.95. The number of nitrogens with two attached hydrogens (primary N) is 1. The van der Waals surface area contributed by atoms with Gasteiger partial charge in [0.15, 0.2) is 0 Å². The van der Waals surface area contributed by atoms with Gasteiger partial charge in [-0.1, -0.05) is 13.0 Å². The Kier molecular flexibility index (Phi) is 4.46. The van der Waals surface area contributed by atoms with Crippen molar-refractivity contribution in [3.8, 4) is 0 Å². The second kappa shape index (κ2) is 6.11.